The highest BCUT2D eigenvalue weighted by Crippen LogP contribution is 2.34. The van der Waals surface area contributed by atoms with Crippen LogP contribution in [-0.4, -0.2) is 39.4 Å². The second-order valence-electron chi connectivity index (χ2n) is 8.73. The van der Waals surface area contributed by atoms with E-state index in [0.717, 1.165) is 36.0 Å². The van der Waals surface area contributed by atoms with Gasteiger partial charge in [0.2, 0.25) is 5.91 Å². The third-order valence-electron chi connectivity index (χ3n) is 5.77. The van der Waals surface area contributed by atoms with Crippen molar-refractivity contribution in [3.63, 3.8) is 0 Å². The lowest BCUT2D eigenvalue weighted by Gasteiger charge is -2.14. The predicted molar refractivity (Wildman–Crippen MR) is 146 cm³/mol. The first-order valence-corrected chi connectivity index (χ1v) is 13.5. The summed E-state index contributed by atoms with van der Waals surface area (Å²) in [5, 5.41) is 12.7. The maximum atomic E-state index is 13.5. The van der Waals surface area contributed by atoms with Gasteiger partial charge in [0.1, 0.15) is 5.75 Å². The summed E-state index contributed by atoms with van der Waals surface area (Å²) in [6, 6.07) is 13.0. The summed E-state index contributed by atoms with van der Waals surface area (Å²) >= 11 is 6.70. The van der Waals surface area contributed by atoms with Gasteiger partial charge in [-0.3, -0.25) is 14.2 Å². The van der Waals surface area contributed by atoms with E-state index in [1.165, 1.54) is 35.9 Å². The standard InChI is InChI=1S/C27H20ClF6N5O3S/c1-42-19-7-2-4-15(10-19)24(41)35-13-22-37-38-25(39(22)18-6-3-5-16(11-18)26(29,30)31)43-14-23(40)36-21-12-17(27(32,33)34)8-9-20(21)28/h2-12H,13-14H2,1H3,(H,35,41)(H,36,40). The number of rotatable bonds is 9. The lowest BCUT2D eigenvalue weighted by molar-refractivity contribution is -0.138. The number of nitrogens with one attached hydrogen (secondary N) is 2. The van der Waals surface area contributed by atoms with Gasteiger partial charge in [0.15, 0.2) is 11.0 Å². The maximum absolute atomic E-state index is 13.5. The molecule has 0 atom stereocenters. The highest BCUT2D eigenvalue weighted by atomic mass is 35.5. The highest BCUT2D eigenvalue weighted by Gasteiger charge is 2.32. The molecule has 0 aliphatic heterocycles. The summed E-state index contributed by atoms with van der Waals surface area (Å²) in [7, 11) is 1.43. The second-order valence-corrected chi connectivity index (χ2v) is 10.1. The Balaban J connectivity index is 1.57. The second kappa shape index (κ2) is 13.0. The number of carbonyl (C=O) groups excluding carboxylic acids is 2. The molecule has 226 valence electrons. The zero-order chi connectivity index (χ0) is 31.4. The molecule has 2 amide bonds. The number of anilines is 1. The molecule has 4 aromatic rings. The molecule has 0 spiro atoms. The van der Waals surface area contributed by atoms with Gasteiger partial charge in [0.05, 0.1) is 46.9 Å². The first-order chi connectivity index (χ1) is 20.3. The van der Waals surface area contributed by atoms with E-state index in [1.807, 2.05) is 0 Å². The molecule has 4 rings (SSSR count). The number of benzene rings is 3. The Hall–Kier alpha value is -4.24. The van der Waals surface area contributed by atoms with Gasteiger partial charge in [-0.25, -0.2) is 0 Å². The number of alkyl halides is 6. The molecule has 0 radical (unpaired) electrons. The van der Waals surface area contributed by atoms with Gasteiger partial charge in [0, 0.05) is 5.56 Å². The summed E-state index contributed by atoms with van der Waals surface area (Å²) in [5.41, 5.74) is -2.01. The fraction of sp³-hybridized carbons (Fsp3) is 0.185. The lowest BCUT2D eigenvalue weighted by atomic mass is 10.2. The van der Waals surface area contributed by atoms with Crippen molar-refractivity contribution >= 4 is 40.9 Å². The van der Waals surface area contributed by atoms with Crippen LogP contribution in [0.15, 0.2) is 71.9 Å². The minimum Gasteiger partial charge on any atom is -0.497 e. The Morgan fingerprint density at radius 2 is 1.63 bits per heavy atom. The number of halogens is 7. The van der Waals surface area contributed by atoms with Crippen molar-refractivity contribution in [2.75, 3.05) is 18.2 Å². The van der Waals surface area contributed by atoms with Gasteiger partial charge in [0.25, 0.3) is 5.91 Å². The van der Waals surface area contributed by atoms with Crippen LogP contribution < -0.4 is 15.4 Å². The Labute approximate surface area is 249 Å². The van der Waals surface area contributed by atoms with Crippen LogP contribution in [0.4, 0.5) is 32.0 Å². The SMILES string of the molecule is COc1cccc(C(=O)NCc2nnc(SCC(=O)Nc3cc(C(F)(F)F)ccc3Cl)n2-c2cccc(C(F)(F)F)c2)c1. The fourth-order valence-electron chi connectivity index (χ4n) is 3.73. The molecule has 2 N–H and O–H groups in total. The number of aromatic nitrogens is 3. The van der Waals surface area contributed by atoms with Crippen LogP contribution in [0.2, 0.25) is 5.02 Å². The third kappa shape index (κ3) is 7.99. The normalized spacial score (nSPS) is 11.7. The molecule has 0 bridgehead atoms. The first kappa shape index (κ1) is 31.7. The van der Waals surface area contributed by atoms with Gasteiger partial charge in [-0.05, 0) is 54.6 Å². The number of nitrogens with zero attached hydrogens (tertiary/aromatic N) is 3. The van der Waals surface area contributed by atoms with E-state index in [4.69, 9.17) is 16.3 Å². The van der Waals surface area contributed by atoms with Crippen molar-refractivity contribution in [1.82, 2.24) is 20.1 Å². The Kier molecular flexibility index (Phi) is 9.55. The van der Waals surface area contributed by atoms with Crippen LogP contribution in [-0.2, 0) is 23.7 Å². The van der Waals surface area contributed by atoms with Crippen LogP contribution in [0.5, 0.6) is 5.75 Å². The third-order valence-corrected chi connectivity index (χ3v) is 7.03. The molecule has 0 aliphatic carbocycles. The smallest absolute Gasteiger partial charge is 0.416 e. The van der Waals surface area contributed by atoms with Crippen molar-refractivity contribution in [1.29, 1.82) is 0 Å². The molecule has 0 saturated carbocycles. The summed E-state index contributed by atoms with van der Waals surface area (Å²) in [4.78, 5) is 25.3. The molecule has 43 heavy (non-hydrogen) atoms. The summed E-state index contributed by atoms with van der Waals surface area (Å²) < 4.78 is 86.0. The number of thioether (sulfide) groups is 1. The molecule has 0 aliphatic rings. The topological polar surface area (TPSA) is 98.1 Å². The Morgan fingerprint density at radius 3 is 2.33 bits per heavy atom. The van der Waals surface area contributed by atoms with E-state index in [2.05, 4.69) is 20.8 Å². The zero-order valence-corrected chi connectivity index (χ0v) is 23.5. The minimum absolute atomic E-state index is 0.00529. The molecule has 3 aromatic carbocycles. The van der Waals surface area contributed by atoms with E-state index >= 15 is 0 Å². The summed E-state index contributed by atoms with van der Waals surface area (Å²) in [6.45, 7) is -0.258. The molecular weight excluding hydrogens is 624 g/mol. The summed E-state index contributed by atoms with van der Waals surface area (Å²) in [6.07, 6.45) is -9.33. The zero-order valence-electron chi connectivity index (χ0n) is 21.9. The van der Waals surface area contributed by atoms with E-state index in [1.54, 1.807) is 12.1 Å². The van der Waals surface area contributed by atoms with Gasteiger partial charge in [-0.15, -0.1) is 10.2 Å². The quantitative estimate of drug-likeness (QED) is 0.157. The molecule has 0 unspecified atom stereocenters. The van der Waals surface area contributed by atoms with Crippen LogP contribution >= 0.6 is 23.4 Å². The van der Waals surface area contributed by atoms with Crippen molar-refractivity contribution in [3.05, 3.63) is 94.3 Å². The van der Waals surface area contributed by atoms with Crippen molar-refractivity contribution in [3.8, 4) is 11.4 Å². The molecule has 16 heteroatoms. The van der Waals surface area contributed by atoms with Crippen molar-refractivity contribution in [2.24, 2.45) is 0 Å². The highest BCUT2D eigenvalue weighted by molar-refractivity contribution is 7.99. The molecule has 1 aromatic heterocycles. The van der Waals surface area contributed by atoms with E-state index in [0.29, 0.717) is 11.8 Å². The molecule has 8 nitrogen and oxygen atoms in total. The van der Waals surface area contributed by atoms with Gasteiger partial charge < -0.3 is 15.4 Å². The average molecular weight is 644 g/mol. The van der Waals surface area contributed by atoms with Gasteiger partial charge in [-0.2, -0.15) is 26.3 Å². The van der Waals surface area contributed by atoms with Crippen molar-refractivity contribution in [2.45, 2.75) is 24.1 Å². The monoisotopic (exact) mass is 643 g/mol. The van der Waals surface area contributed by atoms with Crippen LogP contribution in [0.1, 0.15) is 27.3 Å². The number of hydrogen-bond acceptors (Lipinski definition) is 6. The first-order valence-electron chi connectivity index (χ1n) is 12.1. The molecular formula is C27H20ClF6N5O3S. The maximum Gasteiger partial charge on any atom is 0.416 e. The lowest BCUT2D eigenvalue weighted by Crippen LogP contribution is -2.24. The number of hydrogen-bond donors (Lipinski definition) is 2. The van der Waals surface area contributed by atoms with Crippen LogP contribution in [0.25, 0.3) is 5.69 Å². The average Bonchev–Trinajstić information content (AvgIpc) is 3.37. The Morgan fingerprint density at radius 1 is 0.930 bits per heavy atom. The number of amides is 2. The number of carbonyl (C=O) groups is 2. The van der Waals surface area contributed by atoms with Crippen molar-refractivity contribution < 1.29 is 40.7 Å². The minimum atomic E-state index is -4.67. The van der Waals surface area contributed by atoms with Gasteiger partial charge in [-0.1, -0.05) is 35.5 Å². The Bertz CT molecular complexity index is 1640. The van der Waals surface area contributed by atoms with E-state index in [-0.39, 0.29) is 39.5 Å². The van der Waals surface area contributed by atoms with Gasteiger partial charge >= 0.3 is 12.4 Å². The van der Waals surface area contributed by atoms with Crippen LogP contribution in [0.3, 0.4) is 0 Å². The van der Waals surface area contributed by atoms with E-state index < -0.39 is 41.0 Å². The molecule has 0 fully saturated rings. The molecule has 1 heterocycles. The fourth-order valence-corrected chi connectivity index (χ4v) is 4.66. The largest absolute Gasteiger partial charge is 0.497 e. The summed E-state index contributed by atoms with van der Waals surface area (Å²) in [5.74, 6) is -1.23. The predicted octanol–water partition coefficient (Wildman–Crippen LogP) is 6.63. The van der Waals surface area contributed by atoms with Crippen LogP contribution in [0, 0.1) is 0 Å². The number of ether oxygens (including phenoxy) is 1. The van der Waals surface area contributed by atoms with E-state index in [9.17, 15) is 35.9 Å². The number of methoxy groups -OCH3 is 1. The molecule has 0 saturated heterocycles.